The highest BCUT2D eigenvalue weighted by atomic mass is 32.2. The van der Waals surface area contributed by atoms with E-state index in [0.29, 0.717) is 6.42 Å². The Kier molecular flexibility index (Phi) is 3.16. The number of rotatable bonds is 3. The molecule has 1 saturated heterocycles. The van der Waals surface area contributed by atoms with Gasteiger partial charge in [-0.05, 0) is 20.3 Å². The lowest BCUT2D eigenvalue weighted by molar-refractivity contribution is -0.139. The number of carbonyl (C=O) groups is 1. The topological polar surface area (TPSA) is 83.5 Å². The standard InChI is InChI=1S/C8H15NO4S/c1-5(8(10)11)9-7-3-4-14(12,13)6(7)2/h5-7,9H,3-4H2,1-2H3,(H,10,11)/t5-,6?,7?/m0/s1. The maximum absolute atomic E-state index is 11.3. The number of carboxylic acids is 1. The van der Waals surface area contributed by atoms with Gasteiger partial charge in [-0.2, -0.15) is 0 Å². The molecule has 82 valence electrons. The summed E-state index contributed by atoms with van der Waals surface area (Å²) in [4.78, 5) is 10.5. The maximum Gasteiger partial charge on any atom is 0.320 e. The van der Waals surface area contributed by atoms with Crippen molar-refractivity contribution in [1.82, 2.24) is 5.32 Å². The first-order valence-corrected chi connectivity index (χ1v) is 6.26. The summed E-state index contributed by atoms with van der Waals surface area (Å²) in [6, 6.07) is -0.929. The van der Waals surface area contributed by atoms with E-state index in [1.807, 2.05) is 0 Å². The van der Waals surface area contributed by atoms with Crippen LogP contribution in [0.5, 0.6) is 0 Å². The third-order valence-corrected chi connectivity index (χ3v) is 4.95. The van der Waals surface area contributed by atoms with Crippen LogP contribution in [-0.2, 0) is 14.6 Å². The molecule has 0 bridgehead atoms. The molecule has 1 fully saturated rings. The molecule has 0 aromatic carbocycles. The zero-order valence-corrected chi connectivity index (χ0v) is 9.04. The van der Waals surface area contributed by atoms with E-state index in [0.717, 1.165) is 0 Å². The zero-order valence-electron chi connectivity index (χ0n) is 8.23. The minimum absolute atomic E-state index is 0.151. The van der Waals surface area contributed by atoms with E-state index in [1.165, 1.54) is 6.92 Å². The quantitative estimate of drug-likeness (QED) is 0.679. The van der Waals surface area contributed by atoms with Crippen molar-refractivity contribution in [1.29, 1.82) is 0 Å². The summed E-state index contributed by atoms with van der Waals surface area (Å²) in [6.07, 6.45) is 0.501. The van der Waals surface area contributed by atoms with Crippen molar-refractivity contribution in [3.63, 3.8) is 0 Å². The molecule has 2 unspecified atom stereocenters. The van der Waals surface area contributed by atoms with Gasteiger partial charge in [0.1, 0.15) is 6.04 Å². The van der Waals surface area contributed by atoms with Crippen LogP contribution in [0.15, 0.2) is 0 Å². The molecule has 0 radical (unpaired) electrons. The van der Waals surface area contributed by atoms with Gasteiger partial charge in [-0.25, -0.2) is 8.42 Å². The maximum atomic E-state index is 11.3. The molecule has 1 aliphatic heterocycles. The largest absolute Gasteiger partial charge is 0.480 e. The highest BCUT2D eigenvalue weighted by Gasteiger charge is 2.37. The van der Waals surface area contributed by atoms with Crippen LogP contribution in [0.4, 0.5) is 0 Å². The van der Waals surface area contributed by atoms with Gasteiger partial charge in [-0.3, -0.25) is 4.79 Å². The number of carboxylic acid groups (broad SMARTS) is 1. The van der Waals surface area contributed by atoms with Gasteiger partial charge in [0, 0.05) is 6.04 Å². The number of sulfone groups is 1. The second kappa shape index (κ2) is 3.86. The molecule has 14 heavy (non-hydrogen) atoms. The Balaban J connectivity index is 2.61. The molecule has 0 amide bonds. The van der Waals surface area contributed by atoms with Crippen molar-refractivity contribution in [2.45, 2.75) is 37.6 Å². The lowest BCUT2D eigenvalue weighted by Gasteiger charge is -2.18. The average molecular weight is 221 g/mol. The van der Waals surface area contributed by atoms with Crippen molar-refractivity contribution in [2.24, 2.45) is 0 Å². The number of nitrogens with one attached hydrogen (secondary N) is 1. The van der Waals surface area contributed by atoms with Crippen molar-refractivity contribution < 1.29 is 18.3 Å². The van der Waals surface area contributed by atoms with E-state index in [2.05, 4.69) is 5.32 Å². The predicted molar refractivity (Wildman–Crippen MR) is 51.9 cm³/mol. The molecule has 1 rings (SSSR count). The summed E-state index contributed by atoms with van der Waals surface area (Å²) in [6.45, 7) is 3.13. The smallest absolute Gasteiger partial charge is 0.320 e. The van der Waals surface area contributed by atoms with Crippen LogP contribution in [0, 0.1) is 0 Å². The number of hydrogen-bond donors (Lipinski definition) is 2. The molecule has 6 heteroatoms. The normalized spacial score (nSPS) is 32.7. The molecular weight excluding hydrogens is 206 g/mol. The van der Waals surface area contributed by atoms with E-state index in [4.69, 9.17) is 5.11 Å². The Labute approximate surface area is 83.4 Å². The molecule has 5 nitrogen and oxygen atoms in total. The molecule has 1 heterocycles. The molecule has 0 aromatic rings. The second-order valence-electron chi connectivity index (χ2n) is 3.69. The van der Waals surface area contributed by atoms with Crippen LogP contribution < -0.4 is 5.32 Å². The molecule has 0 spiro atoms. The minimum atomic E-state index is -3.00. The minimum Gasteiger partial charge on any atom is -0.480 e. The zero-order chi connectivity index (χ0) is 10.9. The third-order valence-electron chi connectivity index (χ3n) is 2.68. The first-order valence-electron chi connectivity index (χ1n) is 4.55. The lowest BCUT2D eigenvalue weighted by atomic mass is 10.1. The highest BCUT2D eigenvalue weighted by Crippen LogP contribution is 2.20. The summed E-state index contributed by atoms with van der Waals surface area (Å²) in [5, 5.41) is 11.0. The molecular formula is C8H15NO4S. The van der Waals surface area contributed by atoms with Crippen LogP contribution in [0.1, 0.15) is 20.3 Å². The number of hydrogen-bond acceptors (Lipinski definition) is 4. The Bertz CT molecular complexity index is 324. The summed E-state index contributed by atoms with van der Waals surface area (Å²) >= 11 is 0. The van der Waals surface area contributed by atoms with Gasteiger partial charge in [-0.1, -0.05) is 0 Å². The summed E-state index contributed by atoms with van der Waals surface area (Å²) in [5.74, 6) is -0.806. The Morgan fingerprint density at radius 3 is 2.50 bits per heavy atom. The van der Waals surface area contributed by atoms with E-state index >= 15 is 0 Å². The monoisotopic (exact) mass is 221 g/mol. The van der Waals surface area contributed by atoms with Gasteiger partial charge in [0.05, 0.1) is 11.0 Å². The van der Waals surface area contributed by atoms with Crippen LogP contribution in [0.3, 0.4) is 0 Å². The Morgan fingerprint density at radius 1 is 1.57 bits per heavy atom. The van der Waals surface area contributed by atoms with E-state index < -0.39 is 27.1 Å². The first-order chi connectivity index (χ1) is 6.34. The van der Waals surface area contributed by atoms with Gasteiger partial charge in [-0.15, -0.1) is 0 Å². The fraction of sp³-hybridized carbons (Fsp3) is 0.875. The summed E-state index contributed by atoms with van der Waals surface area (Å²) in [5.41, 5.74) is 0. The van der Waals surface area contributed by atoms with Gasteiger partial charge >= 0.3 is 5.97 Å². The SMILES string of the molecule is CC1C(N[C@@H](C)C(=O)O)CCS1(=O)=O. The van der Waals surface area contributed by atoms with E-state index in [-0.39, 0.29) is 11.8 Å². The van der Waals surface area contributed by atoms with Gasteiger partial charge in [0.2, 0.25) is 0 Å². The molecule has 0 aliphatic carbocycles. The van der Waals surface area contributed by atoms with Crippen LogP contribution in [0.25, 0.3) is 0 Å². The molecule has 0 saturated carbocycles. The lowest BCUT2D eigenvalue weighted by Crippen LogP contribution is -2.45. The second-order valence-corrected chi connectivity index (χ2v) is 6.17. The predicted octanol–water partition coefficient (Wildman–Crippen LogP) is -0.375. The van der Waals surface area contributed by atoms with Crippen LogP contribution >= 0.6 is 0 Å². The van der Waals surface area contributed by atoms with Crippen molar-refractivity contribution in [2.75, 3.05) is 5.75 Å². The molecule has 3 atom stereocenters. The number of aliphatic carboxylic acids is 1. The van der Waals surface area contributed by atoms with Crippen LogP contribution in [0.2, 0.25) is 0 Å². The third kappa shape index (κ3) is 2.24. The summed E-state index contributed by atoms with van der Waals surface area (Å²) < 4.78 is 22.7. The Hall–Kier alpha value is -0.620. The first kappa shape index (κ1) is 11.5. The van der Waals surface area contributed by atoms with Gasteiger partial charge < -0.3 is 10.4 Å². The molecule has 2 N–H and O–H groups in total. The van der Waals surface area contributed by atoms with E-state index in [9.17, 15) is 13.2 Å². The summed E-state index contributed by atoms with van der Waals surface area (Å²) in [7, 11) is -3.00. The van der Waals surface area contributed by atoms with Crippen molar-refractivity contribution in [3.05, 3.63) is 0 Å². The molecule has 0 aromatic heterocycles. The van der Waals surface area contributed by atoms with Gasteiger partial charge in [0.25, 0.3) is 0 Å². The van der Waals surface area contributed by atoms with Crippen molar-refractivity contribution >= 4 is 15.8 Å². The van der Waals surface area contributed by atoms with Crippen molar-refractivity contribution in [3.8, 4) is 0 Å². The fourth-order valence-electron chi connectivity index (χ4n) is 1.57. The van der Waals surface area contributed by atoms with Crippen LogP contribution in [-0.4, -0.2) is 42.6 Å². The Morgan fingerprint density at radius 2 is 2.14 bits per heavy atom. The van der Waals surface area contributed by atoms with Gasteiger partial charge in [0.15, 0.2) is 9.84 Å². The highest BCUT2D eigenvalue weighted by molar-refractivity contribution is 7.92. The van der Waals surface area contributed by atoms with E-state index in [1.54, 1.807) is 6.92 Å². The fourth-order valence-corrected chi connectivity index (χ4v) is 3.24. The average Bonchev–Trinajstić information content (AvgIpc) is 2.32. The molecule has 1 aliphatic rings.